The van der Waals surface area contributed by atoms with Crippen LogP contribution < -0.4 is 4.74 Å². The lowest BCUT2D eigenvalue weighted by molar-refractivity contribution is 0.305. The second kappa shape index (κ2) is 9.33. The SMILES string of the molecule is Cc1c(COc2ccc(O)cc2)cc(-c2ccc(SS(C)(=O)=O)cc2)n1-c1ccc(F)cc1. The van der Waals surface area contributed by atoms with Crippen molar-refractivity contribution in [2.75, 3.05) is 6.26 Å². The molecule has 0 spiro atoms. The number of nitrogens with zero attached hydrogens (tertiary/aromatic N) is 1. The van der Waals surface area contributed by atoms with Gasteiger partial charge in [-0.25, -0.2) is 12.8 Å². The minimum absolute atomic E-state index is 0.167. The number of hydrogen-bond donors (Lipinski definition) is 1. The molecule has 4 rings (SSSR count). The maximum absolute atomic E-state index is 13.5. The minimum Gasteiger partial charge on any atom is -0.508 e. The zero-order valence-electron chi connectivity index (χ0n) is 18.0. The molecule has 8 heteroatoms. The highest BCUT2D eigenvalue weighted by atomic mass is 33.1. The molecule has 5 nitrogen and oxygen atoms in total. The van der Waals surface area contributed by atoms with Crippen molar-refractivity contribution in [3.05, 3.63) is 95.9 Å². The van der Waals surface area contributed by atoms with Crippen molar-refractivity contribution in [2.24, 2.45) is 0 Å². The Morgan fingerprint density at radius 1 is 0.970 bits per heavy atom. The zero-order valence-corrected chi connectivity index (χ0v) is 19.7. The van der Waals surface area contributed by atoms with Gasteiger partial charge < -0.3 is 14.4 Å². The molecule has 0 saturated heterocycles. The average Bonchev–Trinajstić information content (AvgIpc) is 3.09. The summed E-state index contributed by atoms with van der Waals surface area (Å²) < 4.78 is 44.6. The van der Waals surface area contributed by atoms with Crippen molar-refractivity contribution < 1.29 is 22.7 Å². The first kappa shape index (κ1) is 22.9. The van der Waals surface area contributed by atoms with Crippen LogP contribution in [0.2, 0.25) is 0 Å². The second-order valence-electron chi connectivity index (χ2n) is 7.55. The molecular weight excluding hydrogens is 461 g/mol. The fraction of sp³-hybridized carbons (Fsp3) is 0.120. The highest BCUT2D eigenvalue weighted by Crippen LogP contribution is 2.32. The zero-order chi connectivity index (χ0) is 23.6. The Balaban J connectivity index is 1.72. The molecule has 0 aliphatic carbocycles. The van der Waals surface area contributed by atoms with E-state index in [0.717, 1.165) is 39.0 Å². The molecule has 3 aromatic carbocycles. The van der Waals surface area contributed by atoms with Gasteiger partial charge in [-0.1, -0.05) is 12.1 Å². The third-order valence-electron chi connectivity index (χ3n) is 5.07. The van der Waals surface area contributed by atoms with E-state index in [9.17, 15) is 17.9 Å². The number of aromatic hydroxyl groups is 1. The molecule has 170 valence electrons. The van der Waals surface area contributed by atoms with Gasteiger partial charge in [-0.05, 0) is 79.2 Å². The van der Waals surface area contributed by atoms with Gasteiger partial charge >= 0.3 is 0 Å². The van der Waals surface area contributed by atoms with Crippen LogP contribution in [0.25, 0.3) is 16.9 Å². The second-order valence-corrected chi connectivity index (χ2v) is 11.9. The first-order valence-electron chi connectivity index (χ1n) is 10.1. The Hall–Kier alpha value is -3.23. The third kappa shape index (κ3) is 5.58. The summed E-state index contributed by atoms with van der Waals surface area (Å²) >= 11 is 0. The van der Waals surface area contributed by atoms with Gasteiger partial charge in [-0.3, -0.25) is 0 Å². The molecule has 0 bridgehead atoms. The fourth-order valence-electron chi connectivity index (χ4n) is 3.50. The average molecular weight is 484 g/mol. The van der Waals surface area contributed by atoms with E-state index in [1.165, 1.54) is 18.4 Å². The molecular formula is C25H22FNO4S2. The topological polar surface area (TPSA) is 68.5 Å². The van der Waals surface area contributed by atoms with Crippen LogP contribution in [0.4, 0.5) is 4.39 Å². The Morgan fingerprint density at radius 3 is 2.21 bits per heavy atom. The molecule has 1 heterocycles. The molecule has 33 heavy (non-hydrogen) atoms. The third-order valence-corrected chi connectivity index (χ3v) is 7.32. The van der Waals surface area contributed by atoms with Crippen LogP contribution in [0, 0.1) is 12.7 Å². The highest BCUT2D eigenvalue weighted by Gasteiger charge is 2.16. The van der Waals surface area contributed by atoms with E-state index in [0.29, 0.717) is 17.3 Å². The largest absolute Gasteiger partial charge is 0.508 e. The molecule has 0 saturated carbocycles. The first-order chi connectivity index (χ1) is 15.7. The van der Waals surface area contributed by atoms with Gasteiger partial charge in [0, 0.05) is 38.9 Å². The summed E-state index contributed by atoms with van der Waals surface area (Å²) in [5.41, 5.74) is 4.44. The Labute approximate surface area is 195 Å². The summed E-state index contributed by atoms with van der Waals surface area (Å²) in [5, 5.41) is 9.46. The minimum atomic E-state index is -3.21. The number of ether oxygens (including phenoxy) is 1. The van der Waals surface area contributed by atoms with E-state index in [1.54, 1.807) is 48.5 Å². The number of hydrogen-bond acceptors (Lipinski definition) is 5. The van der Waals surface area contributed by atoms with Crippen molar-refractivity contribution in [3.8, 4) is 28.4 Å². The van der Waals surface area contributed by atoms with Crippen LogP contribution in [-0.4, -0.2) is 24.3 Å². The van der Waals surface area contributed by atoms with Gasteiger partial charge in [0.15, 0.2) is 0 Å². The summed E-state index contributed by atoms with van der Waals surface area (Å²) in [6.07, 6.45) is 1.18. The Morgan fingerprint density at radius 2 is 1.61 bits per heavy atom. The van der Waals surface area contributed by atoms with E-state index in [4.69, 9.17) is 4.74 Å². The maximum Gasteiger partial charge on any atom is 0.203 e. The molecule has 0 aliphatic rings. The van der Waals surface area contributed by atoms with Gasteiger partial charge in [0.1, 0.15) is 23.9 Å². The lowest BCUT2D eigenvalue weighted by Crippen LogP contribution is -2.01. The molecule has 0 amide bonds. The lowest BCUT2D eigenvalue weighted by atomic mass is 10.1. The fourth-order valence-corrected chi connectivity index (χ4v) is 5.48. The molecule has 4 aromatic rings. The summed E-state index contributed by atoms with van der Waals surface area (Å²) in [5.74, 6) is 0.481. The molecule has 1 aromatic heterocycles. The van der Waals surface area contributed by atoms with Crippen LogP contribution in [0.5, 0.6) is 11.5 Å². The molecule has 0 aliphatic heterocycles. The number of benzene rings is 3. The van der Waals surface area contributed by atoms with Crippen molar-refractivity contribution in [3.63, 3.8) is 0 Å². The van der Waals surface area contributed by atoms with Crippen molar-refractivity contribution >= 4 is 19.7 Å². The van der Waals surface area contributed by atoms with E-state index >= 15 is 0 Å². The summed E-state index contributed by atoms with van der Waals surface area (Å²) in [6, 6.07) is 22.1. The van der Waals surface area contributed by atoms with Gasteiger partial charge in [0.25, 0.3) is 0 Å². The predicted octanol–water partition coefficient (Wildman–Crippen LogP) is 5.93. The lowest BCUT2D eigenvalue weighted by Gasteiger charge is -2.13. The highest BCUT2D eigenvalue weighted by molar-refractivity contribution is 8.71. The summed E-state index contributed by atoms with van der Waals surface area (Å²) in [4.78, 5) is 0.633. The van der Waals surface area contributed by atoms with Crippen LogP contribution in [-0.2, 0) is 15.5 Å². The first-order valence-corrected chi connectivity index (χ1v) is 13.3. The van der Waals surface area contributed by atoms with Crippen molar-refractivity contribution in [2.45, 2.75) is 18.4 Å². The summed E-state index contributed by atoms with van der Waals surface area (Å²) in [7, 11) is -2.40. The number of halogens is 1. The predicted molar refractivity (Wildman–Crippen MR) is 129 cm³/mol. The monoisotopic (exact) mass is 483 g/mol. The maximum atomic E-state index is 13.5. The van der Waals surface area contributed by atoms with E-state index in [2.05, 4.69) is 0 Å². The van der Waals surface area contributed by atoms with Gasteiger partial charge in [-0.15, -0.1) is 0 Å². The van der Waals surface area contributed by atoms with Crippen LogP contribution in [0.15, 0.2) is 83.8 Å². The van der Waals surface area contributed by atoms with Gasteiger partial charge in [0.2, 0.25) is 8.87 Å². The standard InChI is InChI=1S/C25H22FNO4S2/c1-17-19(16-31-23-11-9-22(28)10-12-23)15-25(27(17)21-7-5-20(26)6-8-21)18-3-13-24(14-4-18)32-33(2,29)30/h3-15,28H,16H2,1-2H3. The molecule has 0 unspecified atom stereocenters. The van der Waals surface area contributed by atoms with Crippen LogP contribution >= 0.6 is 10.8 Å². The Bertz CT molecular complexity index is 1360. The van der Waals surface area contributed by atoms with Gasteiger partial charge in [0.05, 0.1) is 5.69 Å². The molecule has 0 atom stereocenters. The number of phenols is 1. The number of phenolic OH excluding ortho intramolecular Hbond substituents is 1. The number of rotatable bonds is 7. The molecule has 0 radical (unpaired) electrons. The van der Waals surface area contributed by atoms with Crippen molar-refractivity contribution in [1.82, 2.24) is 4.57 Å². The smallest absolute Gasteiger partial charge is 0.203 e. The molecule has 1 N–H and O–H groups in total. The van der Waals surface area contributed by atoms with E-state index < -0.39 is 8.87 Å². The molecule has 0 fully saturated rings. The Kier molecular flexibility index (Phi) is 6.49. The quantitative estimate of drug-likeness (QED) is 0.330. The van der Waals surface area contributed by atoms with E-state index in [-0.39, 0.29) is 11.6 Å². The van der Waals surface area contributed by atoms with Crippen molar-refractivity contribution in [1.29, 1.82) is 0 Å². The normalized spacial score (nSPS) is 11.5. The van der Waals surface area contributed by atoms with E-state index in [1.807, 2.05) is 29.7 Å². The number of aromatic nitrogens is 1. The van der Waals surface area contributed by atoms with Crippen LogP contribution in [0.3, 0.4) is 0 Å². The van der Waals surface area contributed by atoms with Crippen LogP contribution in [0.1, 0.15) is 11.3 Å². The summed E-state index contributed by atoms with van der Waals surface area (Å²) in [6.45, 7) is 2.27. The van der Waals surface area contributed by atoms with Gasteiger partial charge in [-0.2, -0.15) is 0 Å².